The molecule has 4 saturated carbocycles. The molecular formula is C16H21NO3. The van der Waals surface area contributed by atoms with Gasteiger partial charge in [-0.3, -0.25) is 0 Å². The van der Waals surface area contributed by atoms with Gasteiger partial charge in [0, 0.05) is 25.5 Å². The average Bonchev–Trinajstić information content (AvgIpc) is 2.36. The lowest BCUT2D eigenvalue weighted by Crippen LogP contribution is -2.64. The maximum absolute atomic E-state index is 12.0. The minimum atomic E-state index is -0.527. The highest BCUT2D eigenvalue weighted by molar-refractivity contribution is 5.87. The summed E-state index contributed by atoms with van der Waals surface area (Å²) in [6.45, 7) is 5.32. The van der Waals surface area contributed by atoms with Gasteiger partial charge in [0.1, 0.15) is 5.60 Å². The Morgan fingerprint density at radius 1 is 1.25 bits per heavy atom. The van der Waals surface area contributed by atoms with E-state index < -0.39 is 5.60 Å². The van der Waals surface area contributed by atoms with Crippen LogP contribution in [-0.2, 0) is 14.3 Å². The van der Waals surface area contributed by atoms with Gasteiger partial charge in [0.25, 0.3) is 0 Å². The summed E-state index contributed by atoms with van der Waals surface area (Å²) in [7, 11) is 1.71. The molecule has 4 nitrogen and oxygen atoms in total. The quantitative estimate of drug-likeness (QED) is 0.587. The molecule has 0 saturated heterocycles. The van der Waals surface area contributed by atoms with Crippen molar-refractivity contribution in [3.8, 4) is 6.07 Å². The predicted molar refractivity (Wildman–Crippen MR) is 72.6 cm³/mol. The van der Waals surface area contributed by atoms with Crippen molar-refractivity contribution in [2.75, 3.05) is 7.11 Å². The van der Waals surface area contributed by atoms with Crippen LogP contribution < -0.4 is 0 Å². The zero-order chi connectivity index (χ0) is 14.6. The van der Waals surface area contributed by atoms with E-state index in [-0.39, 0.29) is 17.0 Å². The molecule has 0 aromatic rings. The molecule has 4 aliphatic rings. The number of rotatable bonds is 3. The van der Waals surface area contributed by atoms with E-state index in [1.54, 1.807) is 14.0 Å². The van der Waals surface area contributed by atoms with E-state index >= 15 is 0 Å². The van der Waals surface area contributed by atoms with Gasteiger partial charge in [-0.1, -0.05) is 6.58 Å². The Labute approximate surface area is 119 Å². The number of hydrogen-bond acceptors (Lipinski definition) is 4. The minimum absolute atomic E-state index is 0.287. The molecule has 108 valence electrons. The Balaban J connectivity index is 1.95. The topological polar surface area (TPSA) is 59.3 Å². The smallest absolute Gasteiger partial charge is 0.333 e. The highest BCUT2D eigenvalue weighted by atomic mass is 16.6. The van der Waals surface area contributed by atoms with Gasteiger partial charge in [0.05, 0.1) is 17.1 Å². The lowest BCUT2D eigenvalue weighted by atomic mass is 9.46. The molecule has 0 spiro atoms. The molecule has 4 aliphatic carbocycles. The van der Waals surface area contributed by atoms with Crippen LogP contribution in [0.25, 0.3) is 0 Å². The molecule has 4 bridgehead atoms. The highest BCUT2D eigenvalue weighted by Crippen LogP contribution is 2.65. The first-order valence-corrected chi connectivity index (χ1v) is 7.21. The van der Waals surface area contributed by atoms with E-state index in [9.17, 15) is 10.1 Å². The first kappa shape index (κ1) is 13.6. The first-order valence-electron chi connectivity index (χ1n) is 7.21. The summed E-state index contributed by atoms with van der Waals surface area (Å²) >= 11 is 0. The monoisotopic (exact) mass is 275 g/mol. The van der Waals surface area contributed by atoms with Crippen LogP contribution in [0.3, 0.4) is 0 Å². The maximum Gasteiger partial charge on any atom is 0.333 e. The summed E-state index contributed by atoms with van der Waals surface area (Å²) in [5, 5.41) is 9.64. The molecule has 0 heterocycles. The molecule has 4 unspecified atom stereocenters. The van der Waals surface area contributed by atoms with Crippen LogP contribution in [0.4, 0.5) is 0 Å². The van der Waals surface area contributed by atoms with E-state index in [1.165, 1.54) is 0 Å². The van der Waals surface area contributed by atoms with Gasteiger partial charge in [0.2, 0.25) is 0 Å². The number of carbonyl (C=O) groups excluding carboxylic acids is 1. The standard InChI is InChI=1S/C16H21NO3/c1-11(2)13(18)20-16-6-12-4-14(8-16,10-17)7-15(5-12,9-16)19-3/h12H,1,4-9H2,2-3H3. The van der Waals surface area contributed by atoms with Crippen molar-refractivity contribution in [3.05, 3.63) is 12.2 Å². The second-order valence-corrected chi connectivity index (χ2v) is 7.14. The third-order valence-electron chi connectivity index (χ3n) is 5.29. The molecule has 0 aromatic heterocycles. The molecule has 0 N–H and O–H groups in total. The molecule has 20 heavy (non-hydrogen) atoms. The number of hydrogen-bond donors (Lipinski definition) is 0. The molecule has 0 aliphatic heterocycles. The summed E-state index contributed by atoms with van der Waals surface area (Å²) in [6, 6.07) is 2.50. The predicted octanol–water partition coefficient (Wildman–Crippen LogP) is 2.74. The van der Waals surface area contributed by atoms with Crippen molar-refractivity contribution in [2.45, 2.75) is 56.7 Å². The summed E-state index contributed by atoms with van der Waals surface area (Å²) in [5.74, 6) is 0.0788. The summed E-state index contributed by atoms with van der Waals surface area (Å²) in [5.41, 5.74) is -0.783. The Hall–Kier alpha value is -1.34. The lowest BCUT2D eigenvalue weighted by Gasteiger charge is -2.63. The molecule has 0 amide bonds. The second-order valence-electron chi connectivity index (χ2n) is 7.14. The van der Waals surface area contributed by atoms with Gasteiger partial charge >= 0.3 is 5.97 Å². The maximum atomic E-state index is 12.0. The van der Waals surface area contributed by atoms with E-state index in [0.29, 0.717) is 17.9 Å². The van der Waals surface area contributed by atoms with Crippen LogP contribution in [0.1, 0.15) is 45.4 Å². The van der Waals surface area contributed by atoms with Gasteiger partial charge in [0.15, 0.2) is 0 Å². The fourth-order valence-corrected chi connectivity index (χ4v) is 5.01. The Kier molecular flexibility index (Phi) is 2.78. The average molecular weight is 275 g/mol. The molecule has 0 aromatic carbocycles. The van der Waals surface area contributed by atoms with E-state index in [4.69, 9.17) is 9.47 Å². The normalized spacial score (nSPS) is 45.0. The van der Waals surface area contributed by atoms with Crippen LogP contribution >= 0.6 is 0 Å². The Morgan fingerprint density at radius 3 is 2.50 bits per heavy atom. The number of nitrogens with zero attached hydrogens (tertiary/aromatic N) is 1. The number of methoxy groups -OCH3 is 1. The minimum Gasteiger partial charge on any atom is -0.456 e. The summed E-state index contributed by atoms with van der Waals surface area (Å²) in [4.78, 5) is 12.0. The number of esters is 1. The van der Waals surface area contributed by atoms with Gasteiger partial charge in [-0.05, 0) is 38.5 Å². The highest BCUT2D eigenvalue weighted by Gasteiger charge is 2.65. The molecule has 4 atom stereocenters. The molecule has 0 radical (unpaired) electrons. The third kappa shape index (κ3) is 1.88. The van der Waals surface area contributed by atoms with Crippen molar-refractivity contribution in [3.63, 3.8) is 0 Å². The number of ether oxygens (including phenoxy) is 2. The van der Waals surface area contributed by atoms with Gasteiger partial charge in [-0.2, -0.15) is 5.26 Å². The molecule has 4 heteroatoms. The number of nitriles is 1. The van der Waals surface area contributed by atoms with E-state index in [2.05, 4.69) is 12.6 Å². The van der Waals surface area contributed by atoms with Gasteiger partial charge < -0.3 is 9.47 Å². The zero-order valence-electron chi connectivity index (χ0n) is 12.2. The van der Waals surface area contributed by atoms with Crippen molar-refractivity contribution in [1.82, 2.24) is 0 Å². The Morgan fingerprint density at radius 2 is 1.90 bits per heavy atom. The number of carbonyl (C=O) groups is 1. The van der Waals surface area contributed by atoms with Crippen LogP contribution in [0.2, 0.25) is 0 Å². The SMILES string of the molecule is C=C(C)C(=O)OC12CC3CC(C#N)(CC(OC)(C3)C1)C2. The van der Waals surface area contributed by atoms with E-state index in [0.717, 1.165) is 32.1 Å². The summed E-state index contributed by atoms with van der Waals surface area (Å²) in [6.07, 6.45) is 4.91. The zero-order valence-corrected chi connectivity index (χ0v) is 12.2. The van der Waals surface area contributed by atoms with Crippen molar-refractivity contribution in [2.24, 2.45) is 11.3 Å². The van der Waals surface area contributed by atoms with Crippen LogP contribution in [0, 0.1) is 22.7 Å². The summed E-state index contributed by atoms with van der Waals surface area (Å²) < 4.78 is 11.6. The molecule has 4 fully saturated rings. The largest absolute Gasteiger partial charge is 0.456 e. The lowest BCUT2D eigenvalue weighted by molar-refractivity contribution is -0.237. The fourth-order valence-electron chi connectivity index (χ4n) is 5.01. The van der Waals surface area contributed by atoms with Gasteiger partial charge in [-0.25, -0.2) is 4.79 Å². The van der Waals surface area contributed by atoms with Crippen molar-refractivity contribution >= 4 is 5.97 Å². The third-order valence-corrected chi connectivity index (χ3v) is 5.29. The first-order chi connectivity index (χ1) is 9.36. The van der Waals surface area contributed by atoms with Crippen LogP contribution in [0.5, 0.6) is 0 Å². The Bertz CT molecular complexity index is 522. The second kappa shape index (κ2) is 4.08. The fraction of sp³-hybridized carbons (Fsp3) is 0.750. The molecule has 4 rings (SSSR count). The van der Waals surface area contributed by atoms with Crippen molar-refractivity contribution < 1.29 is 14.3 Å². The van der Waals surface area contributed by atoms with Crippen LogP contribution in [-0.4, -0.2) is 24.3 Å². The van der Waals surface area contributed by atoms with Crippen LogP contribution in [0.15, 0.2) is 12.2 Å². The van der Waals surface area contributed by atoms with E-state index in [1.807, 2.05) is 0 Å². The molecular weight excluding hydrogens is 254 g/mol. The van der Waals surface area contributed by atoms with Crippen molar-refractivity contribution in [1.29, 1.82) is 5.26 Å². The van der Waals surface area contributed by atoms with Gasteiger partial charge in [-0.15, -0.1) is 0 Å².